The Hall–Kier alpha value is -2.08. The Morgan fingerprint density at radius 1 is 1.19 bits per heavy atom. The van der Waals surface area contributed by atoms with Gasteiger partial charge in [-0.1, -0.05) is 36.4 Å². The first kappa shape index (κ1) is 13.9. The van der Waals surface area contributed by atoms with Crippen LogP contribution >= 0.6 is 11.8 Å². The molecule has 3 aromatic rings. The van der Waals surface area contributed by atoms with Crippen LogP contribution in [0.25, 0.3) is 11.3 Å². The molecule has 21 heavy (non-hydrogen) atoms. The molecule has 0 aliphatic carbocycles. The number of hydrogen-bond acceptors (Lipinski definition) is 4. The lowest BCUT2D eigenvalue weighted by atomic mass is 10.1. The van der Waals surface area contributed by atoms with Crippen molar-refractivity contribution in [3.05, 3.63) is 52.1 Å². The first-order valence-corrected chi connectivity index (χ1v) is 7.77. The van der Waals surface area contributed by atoms with Gasteiger partial charge in [0, 0.05) is 12.4 Å². The maximum Gasteiger partial charge on any atom is 0.300 e. The van der Waals surface area contributed by atoms with E-state index in [-0.39, 0.29) is 5.56 Å². The number of thioether (sulfide) groups is 1. The number of benzene rings is 1. The molecule has 1 aromatic carbocycles. The van der Waals surface area contributed by atoms with E-state index >= 15 is 0 Å². The summed E-state index contributed by atoms with van der Waals surface area (Å²) in [5.41, 5.74) is 3.31. The van der Waals surface area contributed by atoms with Gasteiger partial charge in [0.1, 0.15) is 0 Å². The lowest BCUT2D eigenvalue weighted by Gasteiger charge is -2.10. The van der Waals surface area contributed by atoms with Crippen LogP contribution in [0.2, 0.25) is 0 Å². The smallest absolute Gasteiger partial charge is 0.279 e. The Balaban J connectivity index is 2.21. The molecule has 5 nitrogen and oxygen atoms in total. The maximum atomic E-state index is 12.6. The Morgan fingerprint density at radius 2 is 2.00 bits per heavy atom. The van der Waals surface area contributed by atoms with Crippen LogP contribution in [0.1, 0.15) is 18.1 Å². The van der Waals surface area contributed by atoms with E-state index in [1.165, 1.54) is 5.56 Å². The molecule has 3 rings (SSSR count). The van der Waals surface area contributed by atoms with Crippen molar-refractivity contribution in [1.82, 2.24) is 19.2 Å². The number of nitrogens with zero attached hydrogens (tertiary/aromatic N) is 4. The molecule has 0 aliphatic heterocycles. The van der Waals surface area contributed by atoms with Crippen LogP contribution in [0.4, 0.5) is 0 Å². The molecule has 0 radical (unpaired) electrons. The molecule has 0 aliphatic rings. The Bertz CT molecular complexity index is 866. The molecule has 0 amide bonds. The number of rotatable bonds is 3. The summed E-state index contributed by atoms with van der Waals surface area (Å²) in [5, 5.41) is 8.86. The van der Waals surface area contributed by atoms with Crippen LogP contribution in [-0.4, -0.2) is 24.9 Å². The first-order valence-electron chi connectivity index (χ1n) is 6.78. The van der Waals surface area contributed by atoms with E-state index in [9.17, 15) is 4.79 Å². The lowest BCUT2D eigenvalue weighted by molar-refractivity contribution is 0.891. The van der Waals surface area contributed by atoms with Crippen molar-refractivity contribution in [3.63, 3.8) is 0 Å². The molecule has 6 heteroatoms. The number of hydrogen-bond donors (Lipinski definition) is 0. The van der Waals surface area contributed by atoms with E-state index in [1.54, 1.807) is 26.9 Å². The van der Waals surface area contributed by atoms with Gasteiger partial charge in [-0.15, -0.1) is 10.2 Å². The minimum atomic E-state index is -0.153. The van der Waals surface area contributed by atoms with Crippen LogP contribution in [-0.2, 0) is 0 Å². The van der Waals surface area contributed by atoms with E-state index in [1.807, 2.05) is 39.1 Å². The second kappa shape index (κ2) is 5.37. The third kappa shape index (κ3) is 2.35. The molecular weight excluding hydrogens is 284 g/mol. The van der Waals surface area contributed by atoms with Crippen LogP contribution in [0, 0.1) is 13.8 Å². The molecule has 0 fully saturated rings. The van der Waals surface area contributed by atoms with Crippen molar-refractivity contribution in [1.29, 1.82) is 0 Å². The van der Waals surface area contributed by atoms with Crippen LogP contribution in [0.15, 0.2) is 40.5 Å². The van der Waals surface area contributed by atoms with E-state index in [4.69, 9.17) is 0 Å². The van der Waals surface area contributed by atoms with Gasteiger partial charge in [-0.05, 0) is 31.2 Å². The number of aryl methyl sites for hydroxylation is 2. The lowest BCUT2D eigenvalue weighted by Crippen LogP contribution is -2.21. The monoisotopic (exact) mass is 300 g/mol. The summed E-state index contributed by atoms with van der Waals surface area (Å²) in [7, 11) is 0. The number of aromatic nitrogens is 4. The highest BCUT2D eigenvalue weighted by molar-refractivity contribution is 7.99. The van der Waals surface area contributed by atoms with Crippen molar-refractivity contribution in [2.75, 3.05) is 5.75 Å². The number of fused-ring (bicyclic) bond motifs is 1. The normalized spacial score (nSPS) is 11.2. The molecule has 0 unspecified atom stereocenters. The van der Waals surface area contributed by atoms with Crippen molar-refractivity contribution in [3.8, 4) is 5.69 Å². The van der Waals surface area contributed by atoms with Crippen molar-refractivity contribution in [2.24, 2.45) is 0 Å². The second-order valence-corrected chi connectivity index (χ2v) is 6.10. The van der Waals surface area contributed by atoms with Crippen LogP contribution < -0.4 is 5.56 Å². The summed E-state index contributed by atoms with van der Waals surface area (Å²) in [6.45, 7) is 6.08. The minimum absolute atomic E-state index is 0.153. The molecule has 0 atom stereocenters. The van der Waals surface area contributed by atoms with Gasteiger partial charge >= 0.3 is 5.56 Å². The first-order chi connectivity index (χ1) is 10.1. The molecule has 0 bridgehead atoms. The average molecular weight is 300 g/mol. The Morgan fingerprint density at radius 3 is 2.71 bits per heavy atom. The topological polar surface area (TPSA) is 52.2 Å². The predicted molar refractivity (Wildman–Crippen MR) is 84.5 cm³/mol. The van der Waals surface area contributed by atoms with E-state index in [0.29, 0.717) is 5.65 Å². The highest BCUT2D eigenvalue weighted by Crippen LogP contribution is 2.17. The Kier molecular flexibility index (Phi) is 3.55. The predicted octanol–water partition coefficient (Wildman–Crippen LogP) is 2.61. The van der Waals surface area contributed by atoms with Gasteiger partial charge in [0.15, 0.2) is 5.16 Å². The van der Waals surface area contributed by atoms with Crippen LogP contribution in [0.3, 0.4) is 0 Å². The van der Waals surface area contributed by atoms with E-state index < -0.39 is 0 Å². The van der Waals surface area contributed by atoms with Gasteiger partial charge < -0.3 is 0 Å². The van der Waals surface area contributed by atoms with Crippen molar-refractivity contribution < 1.29 is 0 Å². The zero-order valence-electron chi connectivity index (χ0n) is 12.2. The summed E-state index contributed by atoms with van der Waals surface area (Å²) < 4.78 is 3.37. The fourth-order valence-electron chi connectivity index (χ4n) is 2.36. The molecule has 0 saturated heterocycles. The molecule has 108 valence electrons. The molecule has 0 saturated carbocycles. The Labute approximate surface area is 126 Å². The highest BCUT2D eigenvalue weighted by Gasteiger charge is 2.12. The molecule has 2 aromatic heterocycles. The van der Waals surface area contributed by atoms with E-state index in [0.717, 1.165) is 22.2 Å². The summed E-state index contributed by atoms with van der Waals surface area (Å²) in [6, 6.07) is 6.02. The largest absolute Gasteiger partial charge is 0.300 e. The minimum Gasteiger partial charge on any atom is -0.279 e. The van der Waals surface area contributed by atoms with Gasteiger partial charge in [-0.2, -0.15) is 0 Å². The zero-order valence-corrected chi connectivity index (χ0v) is 13.0. The van der Waals surface area contributed by atoms with E-state index in [2.05, 4.69) is 16.3 Å². The zero-order chi connectivity index (χ0) is 15.0. The van der Waals surface area contributed by atoms with Gasteiger partial charge in [-0.3, -0.25) is 13.8 Å². The van der Waals surface area contributed by atoms with Gasteiger partial charge in [0.05, 0.1) is 5.69 Å². The van der Waals surface area contributed by atoms with Crippen molar-refractivity contribution in [2.45, 2.75) is 25.9 Å². The third-order valence-corrected chi connectivity index (χ3v) is 4.15. The van der Waals surface area contributed by atoms with Crippen LogP contribution in [0.5, 0.6) is 0 Å². The summed E-state index contributed by atoms with van der Waals surface area (Å²) in [4.78, 5) is 12.6. The standard InChI is InChI=1S/C15H16N4OS/c1-4-21-15-17-16-13-14(20)18(7-8-19(13)15)12-6-5-10(2)9-11(12)3/h5-9H,4H2,1-3H3. The third-order valence-electron chi connectivity index (χ3n) is 3.32. The highest BCUT2D eigenvalue weighted by atomic mass is 32.2. The molecular formula is C15H16N4OS. The quantitative estimate of drug-likeness (QED) is 0.698. The summed E-state index contributed by atoms with van der Waals surface area (Å²) in [6.07, 6.45) is 3.62. The fourth-order valence-corrected chi connectivity index (χ4v) is 3.00. The average Bonchev–Trinajstić information content (AvgIpc) is 2.85. The maximum absolute atomic E-state index is 12.6. The fraction of sp³-hybridized carbons (Fsp3) is 0.267. The molecule has 0 spiro atoms. The van der Waals surface area contributed by atoms with Gasteiger partial charge in [0.25, 0.3) is 0 Å². The summed E-state index contributed by atoms with van der Waals surface area (Å²) >= 11 is 1.57. The molecule has 2 heterocycles. The summed E-state index contributed by atoms with van der Waals surface area (Å²) in [5.74, 6) is 0.890. The van der Waals surface area contributed by atoms with Crippen molar-refractivity contribution >= 4 is 17.4 Å². The van der Waals surface area contributed by atoms with Gasteiger partial charge in [0.2, 0.25) is 5.65 Å². The SMILES string of the molecule is CCSc1nnc2c(=O)n(-c3ccc(C)cc3C)ccn12. The molecule has 0 N–H and O–H groups in total. The van der Waals surface area contributed by atoms with Gasteiger partial charge in [-0.25, -0.2) is 0 Å². The second-order valence-electron chi connectivity index (χ2n) is 4.87.